The standard InChI is InChI=1S/C22H21N3O3S/c1-3-24-17-13-16(23-21(26)19-11-8-12-28-19)20(29-15-9-6-5-7-10-15)14-18(17)25(4-2)22(24)27/h5-14H,3-4H2,1-2H3,(H,23,26). The quantitative estimate of drug-likeness (QED) is 0.497. The maximum Gasteiger partial charge on any atom is 0.329 e. The summed E-state index contributed by atoms with van der Waals surface area (Å²) in [7, 11) is 0. The van der Waals surface area contributed by atoms with Crippen molar-refractivity contribution in [2.24, 2.45) is 0 Å². The second-order valence-electron chi connectivity index (χ2n) is 6.45. The summed E-state index contributed by atoms with van der Waals surface area (Å²) in [6, 6.07) is 17.1. The van der Waals surface area contributed by atoms with Crippen molar-refractivity contribution in [3.8, 4) is 0 Å². The van der Waals surface area contributed by atoms with Gasteiger partial charge in [0.1, 0.15) is 0 Å². The van der Waals surface area contributed by atoms with Gasteiger partial charge < -0.3 is 9.73 Å². The molecule has 0 fully saturated rings. The molecule has 0 atom stereocenters. The topological polar surface area (TPSA) is 69.2 Å². The zero-order valence-electron chi connectivity index (χ0n) is 16.2. The molecule has 148 valence electrons. The van der Waals surface area contributed by atoms with Crippen LogP contribution in [-0.4, -0.2) is 15.0 Å². The summed E-state index contributed by atoms with van der Waals surface area (Å²) in [4.78, 5) is 27.3. The van der Waals surface area contributed by atoms with Crippen molar-refractivity contribution in [1.29, 1.82) is 0 Å². The number of nitrogens with zero attached hydrogens (tertiary/aromatic N) is 2. The molecule has 29 heavy (non-hydrogen) atoms. The molecule has 2 aromatic heterocycles. The Balaban J connectivity index is 1.86. The lowest BCUT2D eigenvalue weighted by molar-refractivity contribution is 0.0996. The normalized spacial score (nSPS) is 11.1. The van der Waals surface area contributed by atoms with Crippen LogP contribution in [0.5, 0.6) is 0 Å². The van der Waals surface area contributed by atoms with E-state index in [1.54, 1.807) is 33.0 Å². The van der Waals surface area contributed by atoms with Crippen molar-refractivity contribution in [2.45, 2.75) is 36.7 Å². The predicted molar refractivity (Wildman–Crippen MR) is 115 cm³/mol. The van der Waals surface area contributed by atoms with Crippen molar-refractivity contribution in [2.75, 3.05) is 5.32 Å². The van der Waals surface area contributed by atoms with E-state index in [4.69, 9.17) is 4.42 Å². The molecular formula is C22H21N3O3S. The molecule has 2 aromatic carbocycles. The molecule has 0 aliphatic rings. The number of nitrogens with one attached hydrogen (secondary N) is 1. The number of carbonyl (C=O) groups excluding carboxylic acids is 1. The van der Waals surface area contributed by atoms with Crippen molar-refractivity contribution >= 4 is 34.4 Å². The summed E-state index contributed by atoms with van der Waals surface area (Å²) >= 11 is 1.54. The molecule has 0 saturated carbocycles. The SMILES string of the molecule is CCn1c(=O)n(CC)c2cc(Sc3ccccc3)c(NC(=O)c3ccco3)cc21. The summed E-state index contributed by atoms with van der Waals surface area (Å²) in [5.74, 6) is -0.0932. The van der Waals surface area contributed by atoms with E-state index in [0.717, 1.165) is 20.8 Å². The number of aryl methyl sites for hydroxylation is 2. The predicted octanol–water partition coefficient (Wildman–Crippen LogP) is 4.84. The fraction of sp³-hybridized carbons (Fsp3) is 0.182. The van der Waals surface area contributed by atoms with Crippen LogP contribution in [0.4, 0.5) is 5.69 Å². The summed E-state index contributed by atoms with van der Waals surface area (Å²) in [6.45, 7) is 5.03. The minimum atomic E-state index is -0.329. The van der Waals surface area contributed by atoms with E-state index in [1.807, 2.05) is 56.3 Å². The Kier molecular flexibility index (Phi) is 5.31. The van der Waals surface area contributed by atoms with Gasteiger partial charge in [-0.2, -0.15) is 0 Å². The molecule has 0 radical (unpaired) electrons. The van der Waals surface area contributed by atoms with Gasteiger partial charge in [-0.3, -0.25) is 13.9 Å². The van der Waals surface area contributed by atoms with E-state index >= 15 is 0 Å². The van der Waals surface area contributed by atoms with E-state index in [1.165, 1.54) is 6.26 Å². The van der Waals surface area contributed by atoms with Gasteiger partial charge in [0.05, 0.1) is 23.0 Å². The number of anilines is 1. The molecule has 1 amide bonds. The number of amides is 1. The van der Waals surface area contributed by atoms with Crippen molar-refractivity contribution in [3.05, 3.63) is 77.1 Å². The largest absolute Gasteiger partial charge is 0.459 e. The average molecular weight is 407 g/mol. The Hall–Kier alpha value is -3.19. The van der Waals surface area contributed by atoms with Crippen LogP contribution in [0.25, 0.3) is 11.0 Å². The second-order valence-corrected chi connectivity index (χ2v) is 7.57. The summed E-state index contributed by atoms with van der Waals surface area (Å²) in [5.41, 5.74) is 2.25. The van der Waals surface area contributed by atoms with Crippen molar-refractivity contribution in [3.63, 3.8) is 0 Å². The van der Waals surface area contributed by atoms with Gasteiger partial charge in [-0.25, -0.2) is 4.79 Å². The fourth-order valence-corrected chi connectivity index (χ4v) is 4.28. The van der Waals surface area contributed by atoms with E-state index in [2.05, 4.69) is 5.32 Å². The van der Waals surface area contributed by atoms with Crippen LogP contribution in [0.3, 0.4) is 0 Å². The molecule has 4 rings (SSSR count). The molecule has 0 bridgehead atoms. The number of aromatic nitrogens is 2. The van der Waals surface area contributed by atoms with E-state index in [0.29, 0.717) is 18.8 Å². The van der Waals surface area contributed by atoms with Gasteiger partial charge in [0.15, 0.2) is 5.76 Å². The molecule has 0 aliphatic carbocycles. The fourth-order valence-electron chi connectivity index (χ4n) is 3.34. The molecule has 2 heterocycles. The highest BCUT2D eigenvalue weighted by Crippen LogP contribution is 2.36. The minimum Gasteiger partial charge on any atom is -0.459 e. The lowest BCUT2D eigenvalue weighted by Crippen LogP contribution is -2.23. The maximum atomic E-state index is 12.8. The van der Waals surface area contributed by atoms with Gasteiger partial charge in [0, 0.05) is 22.9 Å². The highest BCUT2D eigenvalue weighted by molar-refractivity contribution is 7.99. The maximum absolute atomic E-state index is 12.8. The first-order valence-corrected chi connectivity index (χ1v) is 10.3. The molecule has 0 unspecified atom stereocenters. The molecule has 7 heteroatoms. The smallest absolute Gasteiger partial charge is 0.329 e. The zero-order chi connectivity index (χ0) is 20.4. The average Bonchev–Trinajstić information content (AvgIpc) is 3.35. The van der Waals surface area contributed by atoms with E-state index in [-0.39, 0.29) is 17.4 Å². The third kappa shape index (κ3) is 3.61. The number of hydrogen-bond donors (Lipinski definition) is 1. The van der Waals surface area contributed by atoms with Gasteiger partial charge in [-0.05, 0) is 50.2 Å². The van der Waals surface area contributed by atoms with E-state index < -0.39 is 0 Å². The highest BCUT2D eigenvalue weighted by Gasteiger charge is 2.18. The van der Waals surface area contributed by atoms with E-state index in [9.17, 15) is 9.59 Å². The number of benzene rings is 2. The van der Waals surface area contributed by atoms with Crippen LogP contribution in [-0.2, 0) is 13.1 Å². The van der Waals surface area contributed by atoms with Crippen LogP contribution in [0.2, 0.25) is 0 Å². The Bertz CT molecular complexity index is 1210. The Morgan fingerprint density at radius 1 is 1.00 bits per heavy atom. The Labute approximate surface area is 172 Å². The summed E-state index contributed by atoms with van der Waals surface area (Å²) < 4.78 is 8.70. The number of imidazole rings is 1. The van der Waals surface area contributed by atoms with Gasteiger partial charge in [-0.1, -0.05) is 30.0 Å². The number of fused-ring (bicyclic) bond motifs is 1. The van der Waals surface area contributed by atoms with Crippen LogP contribution in [0.15, 0.2) is 79.9 Å². The van der Waals surface area contributed by atoms with Gasteiger partial charge >= 0.3 is 5.69 Å². The summed E-state index contributed by atoms with van der Waals surface area (Å²) in [6.07, 6.45) is 1.47. The van der Waals surface area contributed by atoms with Gasteiger partial charge in [0.25, 0.3) is 5.91 Å². The van der Waals surface area contributed by atoms with Crippen LogP contribution >= 0.6 is 11.8 Å². The van der Waals surface area contributed by atoms with Crippen LogP contribution in [0.1, 0.15) is 24.4 Å². The lowest BCUT2D eigenvalue weighted by Gasteiger charge is -2.12. The Morgan fingerprint density at radius 3 is 2.31 bits per heavy atom. The molecule has 4 aromatic rings. The van der Waals surface area contributed by atoms with Crippen LogP contribution in [0, 0.1) is 0 Å². The molecule has 0 saturated heterocycles. The number of hydrogen-bond acceptors (Lipinski definition) is 4. The van der Waals surface area contributed by atoms with Gasteiger partial charge in [-0.15, -0.1) is 0 Å². The first-order chi connectivity index (χ1) is 14.1. The monoisotopic (exact) mass is 407 g/mol. The second kappa shape index (κ2) is 8.05. The first-order valence-electron chi connectivity index (χ1n) is 9.47. The minimum absolute atomic E-state index is 0.0461. The van der Waals surface area contributed by atoms with Crippen LogP contribution < -0.4 is 11.0 Å². The molecular weight excluding hydrogens is 386 g/mol. The zero-order valence-corrected chi connectivity index (χ0v) is 17.0. The third-order valence-corrected chi connectivity index (χ3v) is 5.78. The van der Waals surface area contributed by atoms with Gasteiger partial charge in [0.2, 0.25) is 0 Å². The molecule has 0 aliphatic heterocycles. The number of furan rings is 1. The molecule has 0 spiro atoms. The first kappa shape index (κ1) is 19.1. The highest BCUT2D eigenvalue weighted by atomic mass is 32.2. The molecule has 6 nitrogen and oxygen atoms in total. The third-order valence-electron chi connectivity index (χ3n) is 4.72. The van der Waals surface area contributed by atoms with Crippen molar-refractivity contribution < 1.29 is 9.21 Å². The summed E-state index contributed by atoms with van der Waals surface area (Å²) in [5, 5.41) is 2.95. The number of rotatable bonds is 6. The van der Waals surface area contributed by atoms with Crippen molar-refractivity contribution in [1.82, 2.24) is 9.13 Å². The Morgan fingerprint density at radius 2 is 1.69 bits per heavy atom. The molecule has 1 N–H and O–H groups in total. The number of carbonyl (C=O) groups is 1. The lowest BCUT2D eigenvalue weighted by atomic mass is 10.2.